The van der Waals surface area contributed by atoms with E-state index in [1.54, 1.807) is 12.4 Å². The third-order valence-corrected chi connectivity index (χ3v) is 3.70. The Morgan fingerprint density at radius 3 is 2.63 bits per heavy atom. The monoisotopic (exact) mass is 252 g/mol. The van der Waals surface area contributed by atoms with Gasteiger partial charge in [0.2, 0.25) is 0 Å². The van der Waals surface area contributed by atoms with Crippen molar-refractivity contribution < 1.29 is 0 Å². The van der Waals surface area contributed by atoms with Crippen molar-refractivity contribution in [3.63, 3.8) is 0 Å². The van der Waals surface area contributed by atoms with Crippen LogP contribution in [0.5, 0.6) is 0 Å². The van der Waals surface area contributed by atoms with Crippen molar-refractivity contribution in [2.45, 2.75) is 18.5 Å². The average Bonchev–Trinajstić information content (AvgIpc) is 2.44. The molecule has 2 atom stereocenters. The molecule has 1 aromatic heterocycles. The Balaban J connectivity index is 2.28. The van der Waals surface area contributed by atoms with Gasteiger partial charge in [-0.05, 0) is 24.6 Å². The first-order chi connectivity index (χ1) is 9.14. The van der Waals surface area contributed by atoms with Crippen LogP contribution in [-0.2, 0) is 5.54 Å². The summed E-state index contributed by atoms with van der Waals surface area (Å²) in [5.41, 5.74) is 15.8. The largest absolute Gasteiger partial charge is 0.321 e. The van der Waals surface area contributed by atoms with Crippen LogP contribution in [0.3, 0.4) is 0 Å². The van der Waals surface area contributed by atoms with Gasteiger partial charge in [0, 0.05) is 23.7 Å². The number of aryl methyl sites for hydroxylation is 1. The number of para-hydroxylation sites is 1. The van der Waals surface area contributed by atoms with Gasteiger partial charge in [-0.25, -0.2) is 0 Å². The van der Waals surface area contributed by atoms with E-state index < -0.39 is 5.54 Å². The molecular formula is C15H16N4. The number of fused-ring (bicyclic) bond motifs is 1. The highest BCUT2D eigenvalue weighted by molar-refractivity contribution is 5.79. The fourth-order valence-electron chi connectivity index (χ4n) is 2.64. The summed E-state index contributed by atoms with van der Waals surface area (Å²) < 4.78 is 0. The van der Waals surface area contributed by atoms with E-state index in [9.17, 15) is 0 Å². The smallest absolute Gasteiger partial charge is 0.0909 e. The van der Waals surface area contributed by atoms with Crippen LogP contribution in [0.25, 0.3) is 0 Å². The summed E-state index contributed by atoms with van der Waals surface area (Å²) in [7, 11) is 0. The topological polar surface area (TPSA) is 77.3 Å². The van der Waals surface area contributed by atoms with Crippen molar-refractivity contribution in [1.82, 2.24) is 4.98 Å². The highest BCUT2D eigenvalue weighted by atomic mass is 14.9. The molecule has 1 aliphatic heterocycles. The molecule has 4 N–H and O–H groups in total. The Morgan fingerprint density at radius 1 is 1.11 bits per heavy atom. The fraction of sp³-hybridized carbons (Fsp3) is 0.200. The first-order valence-electron chi connectivity index (χ1n) is 6.24. The molecule has 0 saturated heterocycles. The van der Waals surface area contributed by atoms with Gasteiger partial charge >= 0.3 is 0 Å². The second-order valence-electron chi connectivity index (χ2n) is 4.83. The molecular weight excluding hydrogens is 236 g/mol. The molecule has 0 amide bonds. The van der Waals surface area contributed by atoms with E-state index in [-0.39, 0.29) is 6.04 Å². The molecule has 0 spiro atoms. The molecule has 3 rings (SSSR count). The van der Waals surface area contributed by atoms with Crippen molar-refractivity contribution in [2.24, 2.45) is 16.5 Å². The Bertz CT molecular complexity index is 650. The zero-order chi connectivity index (χ0) is 13.5. The van der Waals surface area contributed by atoms with Crippen LogP contribution in [0.2, 0.25) is 0 Å². The van der Waals surface area contributed by atoms with Crippen LogP contribution in [0.15, 0.2) is 47.6 Å². The Hall–Kier alpha value is -2.04. The van der Waals surface area contributed by atoms with Crippen LogP contribution in [0.4, 0.5) is 5.69 Å². The lowest BCUT2D eigenvalue weighted by molar-refractivity contribution is 0.493. The summed E-state index contributed by atoms with van der Waals surface area (Å²) >= 11 is 0. The van der Waals surface area contributed by atoms with Gasteiger partial charge in [-0.3, -0.25) is 9.98 Å². The summed E-state index contributed by atoms with van der Waals surface area (Å²) in [5, 5.41) is 0. The number of nitrogens with zero attached hydrogens (tertiary/aromatic N) is 2. The highest BCUT2D eigenvalue weighted by Gasteiger charge is 2.40. The first kappa shape index (κ1) is 12.0. The molecule has 2 unspecified atom stereocenters. The lowest BCUT2D eigenvalue weighted by Crippen LogP contribution is -2.55. The van der Waals surface area contributed by atoms with Crippen LogP contribution in [-0.4, -0.2) is 17.2 Å². The second-order valence-corrected chi connectivity index (χ2v) is 4.83. The van der Waals surface area contributed by atoms with E-state index in [0.717, 1.165) is 22.5 Å². The number of aromatic nitrogens is 1. The number of pyridine rings is 1. The molecule has 0 aliphatic carbocycles. The van der Waals surface area contributed by atoms with Gasteiger partial charge in [-0.2, -0.15) is 0 Å². The van der Waals surface area contributed by atoms with Crippen molar-refractivity contribution in [3.05, 3.63) is 59.4 Å². The lowest BCUT2D eigenvalue weighted by atomic mass is 9.75. The maximum absolute atomic E-state index is 6.68. The number of rotatable bonds is 1. The summed E-state index contributed by atoms with van der Waals surface area (Å²) in [6.07, 6.45) is 3.48. The lowest BCUT2D eigenvalue weighted by Gasteiger charge is -2.38. The number of hydrogen-bond acceptors (Lipinski definition) is 4. The normalized spacial score (nSPS) is 25.1. The van der Waals surface area contributed by atoms with Crippen LogP contribution < -0.4 is 11.5 Å². The summed E-state index contributed by atoms with van der Waals surface area (Å²) in [4.78, 5) is 8.70. The van der Waals surface area contributed by atoms with E-state index in [2.05, 4.69) is 9.98 Å². The highest BCUT2D eigenvalue weighted by Crippen LogP contribution is 2.38. The van der Waals surface area contributed by atoms with Gasteiger partial charge in [0.25, 0.3) is 0 Å². The molecule has 1 aromatic carbocycles. The predicted molar refractivity (Wildman–Crippen MR) is 76.5 cm³/mol. The van der Waals surface area contributed by atoms with Crippen molar-refractivity contribution >= 4 is 11.9 Å². The quantitative estimate of drug-likeness (QED) is 0.810. The van der Waals surface area contributed by atoms with Gasteiger partial charge in [0.05, 0.1) is 17.3 Å². The molecule has 4 nitrogen and oxygen atoms in total. The Morgan fingerprint density at radius 2 is 1.84 bits per heavy atom. The molecule has 2 aromatic rings. The zero-order valence-corrected chi connectivity index (χ0v) is 10.7. The summed E-state index contributed by atoms with van der Waals surface area (Å²) in [6, 6.07) is 11.3. The van der Waals surface area contributed by atoms with E-state index in [1.165, 1.54) is 0 Å². The minimum Gasteiger partial charge on any atom is -0.321 e. The minimum absolute atomic E-state index is 0.370. The summed E-state index contributed by atoms with van der Waals surface area (Å²) in [5.74, 6) is 0. The Kier molecular flexibility index (Phi) is 2.69. The molecule has 4 heteroatoms. The molecule has 0 bridgehead atoms. The predicted octanol–water partition coefficient (Wildman–Crippen LogP) is 1.64. The maximum Gasteiger partial charge on any atom is 0.0909 e. The summed E-state index contributed by atoms with van der Waals surface area (Å²) in [6.45, 7) is 1.95. The number of aliphatic imine (C=N–C) groups is 1. The molecule has 19 heavy (non-hydrogen) atoms. The Labute approximate surface area is 112 Å². The first-order valence-corrected chi connectivity index (χ1v) is 6.24. The van der Waals surface area contributed by atoms with Gasteiger partial charge in [-0.15, -0.1) is 0 Å². The number of benzene rings is 1. The van der Waals surface area contributed by atoms with Gasteiger partial charge in [-0.1, -0.05) is 24.3 Å². The second kappa shape index (κ2) is 4.26. The minimum atomic E-state index is -0.781. The molecule has 0 saturated carbocycles. The third-order valence-electron chi connectivity index (χ3n) is 3.70. The SMILES string of the molecule is Cc1ncccc1C1(N)c2ccccc2N=CC1N. The van der Waals surface area contributed by atoms with E-state index in [0.29, 0.717) is 0 Å². The zero-order valence-electron chi connectivity index (χ0n) is 10.7. The molecule has 1 aliphatic rings. The third kappa shape index (κ3) is 1.69. The molecule has 96 valence electrons. The van der Waals surface area contributed by atoms with Gasteiger partial charge in [0.15, 0.2) is 0 Å². The van der Waals surface area contributed by atoms with Gasteiger partial charge in [0.1, 0.15) is 0 Å². The van der Waals surface area contributed by atoms with Crippen LogP contribution in [0, 0.1) is 6.92 Å². The molecule has 0 fully saturated rings. The number of hydrogen-bond donors (Lipinski definition) is 2. The van der Waals surface area contributed by atoms with E-state index in [4.69, 9.17) is 11.5 Å². The van der Waals surface area contributed by atoms with Crippen molar-refractivity contribution in [1.29, 1.82) is 0 Å². The average molecular weight is 252 g/mol. The van der Waals surface area contributed by atoms with Crippen LogP contribution >= 0.6 is 0 Å². The molecule has 2 heterocycles. The van der Waals surface area contributed by atoms with Crippen LogP contribution in [0.1, 0.15) is 16.8 Å². The van der Waals surface area contributed by atoms with E-state index >= 15 is 0 Å². The van der Waals surface area contributed by atoms with Gasteiger partial charge < -0.3 is 11.5 Å². The van der Waals surface area contributed by atoms with E-state index in [1.807, 2.05) is 43.3 Å². The number of nitrogens with two attached hydrogens (primary N) is 2. The maximum atomic E-state index is 6.68. The fourth-order valence-corrected chi connectivity index (χ4v) is 2.64. The van der Waals surface area contributed by atoms with Crippen molar-refractivity contribution in [2.75, 3.05) is 0 Å². The van der Waals surface area contributed by atoms with Crippen molar-refractivity contribution in [3.8, 4) is 0 Å². The standard InChI is InChI=1S/C15H16N4/c1-10-11(6-4-8-18-10)15(17)12-5-2-3-7-13(12)19-9-14(15)16/h2-9,14H,16-17H2,1H3. The molecule has 0 radical (unpaired) electrons.